The average molecular weight is 596 g/mol. The standard InChI is InChI=1S/C33H33N5O6/c39-29-26-11-4-5-12-27(26)30(35-34-29)44-25-10-6-9-24(21-25)32(41)38-19-17-37(18-20-38)31(40)23-13-15-36(16-14-23)28(33(42)43)22-7-2-1-3-8-22/h1-12,21,23,28H,13-20H2,(H,34,39)(H,42,43). The number of amides is 2. The number of hydrogen-bond donors (Lipinski definition) is 2. The highest BCUT2D eigenvalue weighted by Gasteiger charge is 2.35. The van der Waals surface area contributed by atoms with E-state index in [1.54, 1.807) is 53.4 Å². The summed E-state index contributed by atoms with van der Waals surface area (Å²) in [7, 11) is 0. The van der Waals surface area contributed by atoms with Crippen LogP contribution >= 0.6 is 0 Å². The largest absolute Gasteiger partial charge is 0.480 e. The minimum absolute atomic E-state index is 0.0689. The molecule has 2 saturated heterocycles. The molecule has 2 aliphatic rings. The van der Waals surface area contributed by atoms with Gasteiger partial charge in [-0.05, 0) is 48.7 Å². The SMILES string of the molecule is O=C(O)C(c1ccccc1)N1CCC(C(=O)N2CCN(C(=O)c3cccc(Oc4n[nH]c(=O)c5ccccc45)c3)CC2)CC1. The number of fused-ring (bicyclic) bond motifs is 1. The van der Waals surface area contributed by atoms with E-state index in [9.17, 15) is 24.3 Å². The Balaban J connectivity index is 1.04. The van der Waals surface area contributed by atoms with Crippen LogP contribution in [0.15, 0.2) is 83.7 Å². The molecule has 226 valence electrons. The van der Waals surface area contributed by atoms with Gasteiger partial charge in [-0.3, -0.25) is 24.1 Å². The van der Waals surface area contributed by atoms with Gasteiger partial charge < -0.3 is 19.6 Å². The van der Waals surface area contributed by atoms with E-state index in [1.807, 2.05) is 40.1 Å². The predicted molar refractivity (Wildman–Crippen MR) is 162 cm³/mol. The average Bonchev–Trinajstić information content (AvgIpc) is 3.06. The lowest BCUT2D eigenvalue weighted by atomic mass is 9.92. The molecule has 11 nitrogen and oxygen atoms in total. The van der Waals surface area contributed by atoms with Crippen molar-refractivity contribution in [3.63, 3.8) is 0 Å². The van der Waals surface area contributed by atoms with Crippen molar-refractivity contribution in [2.75, 3.05) is 39.3 Å². The molecule has 0 aliphatic carbocycles. The van der Waals surface area contributed by atoms with Crippen molar-refractivity contribution in [2.24, 2.45) is 5.92 Å². The van der Waals surface area contributed by atoms with Crippen LogP contribution in [0, 0.1) is 5.92 Å². The lowest BCUT2D eigenvalue weighted by Crippen LogP contribution is -2.53. The number of piperazine rings is 1. The minimum Gasteiger partial charge on any atom is -0.480 e. The summed E-state index contributed by atoms with van der Waals surface area (Å²) in [5, 5.41) is 17.4. The first-order valence-corrected chi connectivity index (χ1v) is 14.7. The van der Waals surface area contributed by atoms with E-state index in [4.69, 9.17) is 4.74 Å². The van der Waals surface area contributed by atoms with E-state index in [0.29, 0.717) is 74.2 Å². The van der Waals surface area contributed by atoms with Crippen LogP contribution in [0.4, 0.5) is 0 Å². The maximum absolute atomic E-state index is 13.4. The Kier molecular flexibility index (Phi) is 8.38. The van der Waals surface area contributed by atoms with Crippen LogP contribution in [0.2, 0.25) is 0 Å². The van der Waals surface area contributed by atoms with E-state index < -0.39 is 12.0 Å². The molecule has 11 heteroatoms. The highest BCUT2D eigenvalue weighted by atomic mass is 16.5. The third kappa shape index (κ3) is 6.04. The fraction of sp³-hybridized carbons (Fsp3) is 0.303. The third-order valence-electron chi connectivity index (χ3n) is 8.43. The van der Waals surface area contributed by atoms with Gasteiger partial charge in [0, 0.05) is 50.7 Å². The molecule has 0 spiro atoms. The lowest BCUT2D eigenvalue weighted by molar-refractivity contribution is -0.145. The number of likely N-dealkylation sites (tertiary alicyclic amines) is 1. The number of carbonyl (C=O) groups excluding carboxylic acids is 2. The highest BCUT2D eigenvalue weighted by Crippen LogP contribution is 2.29. The van der Waals surface area contributed by atoms with Crippen molar-refractivity contribution in [1.82, 2.24) is 24.9 Å². The number of H-pyrrole nitrogens is 1. The number of piperidine rings is 1. The fourth-order valence-electron chi connectivity index (χ4n) is 6.09. The molecule has 1 atom stereocenters. The summed E-state index contributed by atoms with van der Waals surface area (Å²) in [6.07, 6.45) is 1.20. The van der Waals surface area contributed by atoms with Gasteiger partial charge in [0.15, 0.2) is 0 Å². The van der Waals surface area contributed by atoms with Crippen molar-refractivity contribution in [2.45, 2.75) is 18.9 Å². The molecule has 2 amide bonds. The number of carboxylic acids is 1. The fourth-order valence-corrected chi connectivity index (χ4v) is 6.09. The van der Waals surface area contributed by atoms with Crippen molar-refractivity contribution >= 4 is 28.6 Å². The van der Waals surface area contributed by atoms with Gasteiger partial charge >= 0.3 is 5.97 Å². The molecule has 1 unspecified atom stereocenters. The topological polar surface area (TPSA) is 136 Å². The van der Waals surface area contributed by atoms with Gasteiger partial charge in [0.2, 0.25) is 11.8 Å². The second-order valence-corrected chi connectivity index (χ2v) is 11.1. The Morgan fingerprint density at radius 3 is 2.18 bits per heavy atom. The number of nitrogens with zero attached hydrogens (tertiary/aromatic N) is 4. The second kappa shape index (κ2) is 12.7. The van der Waals surface area contributed by atoms with Crippen molar-refractivity contribution < 1.29 is 24.2 Å². The third-order valence-corrected chi connectivity index (χ3v) is 8.43. The number of aromatic amines is 1. The molecule has 0 saturated carbocycles. The minimum atomic E-state index is -0.888. The molecule has 0 bridgehead atoms. The number of benzene rings is 3. The molecule has 3 heterocycles. The van der Waals surface area contributed by atoms with Crippen LogP contribution in [0.25, 0.3) is 10.8 Å². The number of aliphatic carboxylic acids is 1. The monoisotopic (exact) mass is 595 g/mol. The van der Waals surface area contributed by atoms with Gasteiger partial charge in [-0.1, -0.05) is 48.5 Å². The van der Waals surface area contributed by atoms with Crippen molar-refractivity contribution in [3.8, 4) is 11.6 Å². The van der Waals surface area contributed by atoms with E-state index in [1.165, 1.54) is 0 Å². The van der Waals surface area contributed by atoms with Gasteiger partial charge in [0.1, 0.15) is 11.8 Å². The van der Waals surface area contributed by atoms with Crippen LogP contribution < -0.4 is 10.3 Å². The zero-order chi connectivity index (χ0) is 30.6. The first kappa shape index (κ1) is 29.1. The summed E-state index contributed by atoms with van der Waals surface area (Å²) in [5.74, 6) is -0.486. The van der Waals surface area contributed by atoms with Crippen molar-refractivity contribution in [3.05, 3.63) is 100 Å². The van der Waals surface area contributed by atoms with Crippen LogP contribution in [0.1, 0.15) is 34.8 Å². The molecule has 1 aromatic heterocycles. The molecule has 2 N–H and O–H groups in total. The molecule has 4 aromatic rings. The molecular formula is C33H33N5O6. The summed E-state index contributed by atoms with van der Waals surface area (Å²) < 4.78 is 5.96. The van der Waals surface area contributed by atoms with Gasteiger partial charge in [-0.25, -0.2) is 5.10 Å². The first-order valence-electron chi connectivity index (χ1n) is 14.7. The van der Waals surface area contributed by atoms with Gasteiger partial charge in [0.05, 0.1) is 10.8 Å². The number of ether oxygens (including phenoxy) is 1. The summed E-state index contributed by atoms with van der Waals surface area (Å²) in [6, 6.07) is 22.3. The first-order chi connectivity index (χ1) is 21.4. The quantitative estimate of drug-likeness (QED) is 0.331. The van der Waals surface area contributed by atoms with Crippen LogP contribution in [-0.2, 0) is 9.59 Å². The Hall–Kier alpha value is -5.03. The Labute approximate surface area is 253 Å². The number of nitrogens with one attached hydrogen (secondary N) is 1. The Morgan fingerprint density at radius 1 is 0.818 bits per heavy atom. The maximum Gasteiger partial charge on any atom is 0.325 e. The molecule has 3 aromatic carbocycles. The molecule has 6 rings (SSSR count). The summed E-state index contributed by atoms with van der Waals surface area (Å²) in [5.41, 5.74) is 0.883. The number of hydrogen-bond acceptors (Lipinski definition) is 7. The van der Waals surface area contributed by atoms with E-state index in [-0.39, 0.29) is 29.2 Å². The van der Waals surface area contributed by atoms with E-state index >= 15 is 0 Å². The smallest absolute Gasteiger partial charge is 0.325 e. The summed E-state index contributed by atoms with van der Waals surface area (Å²) in [6.45, 7) is 2.77. The maximum atomic E-state index is 13.4. The zero-order valence-electron chi connectivity index (χ0n) is 24.1. The van der Waals surface area contributed by atoms with E-state index in [0.717, 1.165) is 5.56 Å². The van der Waals surface area contributed by atoms with Crippen LogP contribution in [0.3, 0.4) is 0 Å². The number of carboxylic acid groups (broad SMARTS) is 1. The Morgan fingerprint density at radius 2 is 1.48 bits per heavy atom. The summed E-state index contributed by atoms with van der Waals surface area (Å²) in [4.78, 5) is 56.3. The number of aromatic nitrogens is 2. The summed E-state index contributed by atoms with van der Waals surface area (Å²) >= 11 is 0. The zero-order valence-corrected chi connectivity index (χ0v) is 24.1. The van der Waals surface area contributed by atoms with Crippen LogP contribution in [-0.4, -0.2) is 87.1 Å². The molecular weight excluding hydrogens is 562 g/mol. The van der Waals surface area contributed by atoms with Gasteiger partial charge in [-0.15, -0.1) is 5.10 Å². The number of carbonyl (C=O) groups is 3. The molecule has 2 fully saturated rings. The van der Waals surface area contributed by atoms with E-state index in [2.05, 4.69) is 10.2 Å². The van der Waals surface area contributed by atoms with Crippen LogP contribution in [0.5, 0.6) is 11.6 Å². The predicted octanol–water partition coefficient (Wildman–Crippen LogP) is 3.54. The molecule has 2 aliphatic heterocycles. The highest BCUT2D eigenvalue weighted by molar-refractivity contribution is 5.95. The lowest BCUT2D eigenvalue weighted by Gasteiger charge is -2.39. The number of rotatable bonds is 7. The van der Waals surface area contributed by atoms with Gasteiger partial charge in [0.25, 0.3) is 11.5 Å². The molecule has 0 radical (unpaired) electrons. The Bertz CT molecular complexity index is 1730. The normalized spacial score (nSPS) is 16.9. The van der Waals surface area contributed by atoms with Crippen molar-refractivity contribution in [1.29, 1.82) is 0 Å². The second-order valence-electron chi connectivity index (χ2n) is 11.1. The molecule has 44 heavy (non-hydrogen) atoms. The van der Waals surface area contributed by atoms with Gasteiger partial charge in [-0.2, -0.15) is 0 Å².